The monoisotopic (exact) mass is 274 g/mol. The van der Waals surface area contributed by atoms with E-state index in [0.717, 1.165) is 0 Å². The first-order valence-electron chi connectivity index (χ1n) is 5.65. The van der Waals surface area contributed by atoms with Gasteiger partial charge in [-0.1, -0.05) is 6.07 Å². The number of hydrogen-bond donors (Lipinski definition) is 2. The third kappa shape index (κ3) is 4.34. The fourth-order valence-electron chi connectivity index (χ4n) is 1.32. The van der Waals surface area contributed by atoms with Crippen LogP contribution in [-0.4, -0.2) is 37.8 Å². The first-order valence-corrected chi connectivity index (χ1v) is 7.13. The molecule has 1 aromatic heterocycles. The molecular weight excluding hydrogens is 256 g/mol. The molecule has 18 heavy (non-hydrogen) atoms. The highest BCUT2D eigenvalue weighted by atomic mass is 32.2. The van der Waals surface area contributed by atoms with E-state index in [-0.39, 0.29) is 17.7 Å². The van der Waals surface area contributed by atoms with E-state index < -0.39 is 10.0 Å². The van der Waals surface area contributed by atoms with E-state index in [4.69, 9.17) is 9.84 Å². The molecule has 7 heteroatoms. The number of rotatable bonds is 7. The van der Waals surface area contributed by atoms with Crippen molar-refractivity contribution in [1.82, 2.24) is 9.71 Å². The van der Waals surface area contributed by atoms with Crippen molar-refractivity contribution in [3.63, 3.8) is 0 Å². The van der Waals surface area contributed by atoms with Crippen LogP contribution in [0.2, 0.25) is 0 Å². The number of aliphatic hydroxyl groups excluding tert-OH is 1. The summed E-state index contributed by atoms with van der Waals surface area (Å²) in [5, 5.41) is 8.79. The summed E-state index contributed by atoms with van der Waals surface area (Å²) in [5.74, 6) is 0. The molecule has 0 aromatic carbocycles. The molecule has 1 unspecified atom stereocenters. The van der Waals surface area contributed by atoms with Gasteiger partial charge in [0.25, 0.3) is 10.0 Å². The number of nitrogens with one attached hydrogen (secondary N) is 1. The van der Waals surface area contributed by atoms with Crippen LogP contribution >= 0.6 is 0 Å². The predicted octanol–water partition coefficient (Wildman–Crippen LogP) is 0.277. The Morgan fingerprint density at radius 1 is 1.50 bits per heavy atom. The van der Waals surface area contributed by atoms with Crippen LogP contribution in [-0.2, 0) is 21.4 Å². The largest absolute Gasteiger partial charge is 0.392 e. The zero-order chi connectivity index (χ0) is 13.6. The molecule has 0 fully saturated rings. The van der Waals surface area contributed by atoms with Crippen molar-refractivity contribution in [3.8, 4) is 0 Å². The van der Waals surface area contributed by atoms with Gasteiger partial charge >= 0.3 is 0 Å². The van der Waals surface area contributed by atoms with Gasteiger partial charge in [0.1, 0.15) is 0 Å². The minimum absolute atomic E-state index is 0.0666. The van der Waals surface area contributed by atoms with E-state index >= 15 is 0 Å². The Balaban J connectivity index is 2.73. The van der Waals surface area contributed by atoms with Crippen LogP contribution in [0.1, 0.15) is 19.4 Å². The van der Waals surface area contributed by atoms with Gasteiger partial charge < -0.3 is 9.84 Å². The zero-order valence-electron chi connectivity index (χ0n) is 10.5. The Morgan fingerprint density at radius 2 is 2.22 bits per heavy atom. The molecule has 0 aliphatic carbocycles. The maximum atomic E-state index is 11.9. The first kappa shape index (κ1) is 15.0. The van der Waals surface area contributed by atoms with Crippen LogP contribution in [0.3, 0.4) is 0 Å². The molecule has 2 N–H and O–H groups in total. The molecule has 1 rings (SSSR count). The topological polar surface area (TPSA) is 88.5 Å². The third-order valence-electron chi connectivity index (χ3n) is 2.18. The van der Waals surface area contributed by atoms with Crippen LogP contribution in [0.25, 0.3) is 0 Å². The lowest BCUT2D eigenvalue weighted by Crippen LogP contribution is -2.36. The van der Waals surface area contributed by atoms with Gasteiger partial charge in [0.05, 0.1) is 13.2 Å². The van der Waals surface area contributed by atoms with Gasteiger partial charge in [-0.25, -0.2) is 18.1 Å². The van der Waals surface area contributed by atoms with E-state index in [2.05, 4.69) is 9.71 Å². The second-order valence-electron chi connectivity index (χ2n) is 3.84. The molecule has 0 saturated heterocycles. The molecular formula is C11H18N2O4S. The van der Waals surface area contributed by atoms with Gasteiger partial charge in [-0.2, -0.15) is 0 Å². The number of hydrogen-bond acceptors (Lipinski definition) is 5. The molecule has 1 atom stereocenters. The molecule has 0 aliphatic heterocycles. The van der Waals surface area contributed by atoms with Crippen molar-refractivity contribution in [2.45, 2.75) is 31.5 Å². The number of aromatic nitrogens is 1. The Hall–Kier alpha value is -1.02. The summed E-state index contributed by atoms with van der Waals surface area (Å²) in [6.07, 6.45) is 1.34. The Morgan fingerprint density at radius 3 is 2.72 bits per heavy atom. The van der Waals surface area contributed by atoms with Gasteiger partial charge in [0.15, 0.2) is 5.03 Å². The van der Waals surface area contributed by atoms with E-state index in [1.165, 1.54) is 18.3 Å². The summed E-state index contributed by atoms with van der Waals surface area (Å²) < 4.78 is 31.4. The molecule has 6 nitrogen and oxygen atoms in total. The normalized spacial score (nSPS) is 13.5. The summed E-state index contributed by atoms with van der Waals surface area (Å²) in [7, 11) is -3.64. The smallest absolute Gasteiger partial charge is 0.258 e. The fraction of sp³-hybridized carbons (Fsp3) is 0.545. The van der Waals surface area contributed by atoms with Gasteiger partial charge in [0, 0.05) is 18.8 Å². The van der Waals surface area contributed by atoms with Crippen LogP contribution < -0.4 is 4.72 Å². The molecule has 1 heterocycles. The molecule has 0 spiro atoms. The average molecular weight is 274 g/mol. The Labute approximate surface area is 107 Å². The lowest BCUT2D eigenvalue weighted by Gasteiger charge is -2.13. The molecule has 0 radical (unpaired) electrons. The predicted molar refractivity (Wildman–Crippen MR) is 66.4 cm³/mol. The minimum Gasteiger partial charge on any atom is -0.392 e. The number of pyridine rings is 1. The highest BCUT2D eigenvalue weighted by molar-refractivity contribution is 7.89. The lowest BCUT2D eigenvalue weighted by atomic mass is 10.3. The number of sulfonamides is 1. The molecule has 0 aliphatic rings. The molecule has 0 amide bonds. The van der Waals surface area contributed by atoms with Crippen molar-refractivity contribution in [2.24, 2.45) is 0 Å². The summed E-state index contributed by atoms with van der Waals surface area (Å²) in [4.78, 5) is 3.80. The summed E-state index contributed by atoms with van der Waals surface area (Å²) in [6, 6.07) is 2.56. The summed E-state index contributed by atoms with van der Waals surface area (Å²) >= 11 is 0. The maximum absolute atomic E-state index is 11.9. The Kier molecular flexibility index (Phi) is 5.67. The van der Waals surface area contributed by atoms with Gasteiger partial charge in [-0.3, -0.25) is 0 Å². The summed E-state index contributed by atoms with van der Waals surface area (Å²) in [6.45, 7) is 4.24. The summed E-state index contributed by atoms with van der Waals surface area (Å²) in [5.41, 5.74) is 0.566. The highest BCUT2D eigenvalue weighted by Gasteiger charge is 2.18. The average Bonchev–Trinajstić information content (AvgIpc) is 2.36. The van der Waals surface area contributed by atoms with Crippen LogP contribution in [0.15, 0.2) is 23.4 Å². The zero-order valence-corrected chi connectivity index (χ0v) is 11.3. The van der Waals surface area contributed by atoms with E-state index in [1.54, 1.807) is 6.92 Å². The van der Waals surface area contributed by atoms with Crippen molar-refractivity contribution >= 4 is 10.0 Å². The fourth-order valence-corrected chi connectivity index (χ4v) is 2.47. The Bertz CT molecular complexity index is 458. The first-order chi connectivity index (χ1) is 8.49. The number of nitrogens with zero attached hydrogens (tertiary/aromatic N) is 1. The molecule has 0 bridgehead atoms. The standard InChI is InChI=1S/C11H18N2O4S/c1-3-17-8-9(2)13-18(15,16)11-5-4-10(7-14)6-12-11/h4-6,9,13-14H,3,7-8H2,1-2H3. The lowest BCUT2D eigenvalue weighted by molar-refractivity contribution is 0.133. The van der Waals surface area contributed by atoms with E-state index in [0.29, 0.717) is 18.8 Å². The SMILES string of the molecule is CCOCC(C)NS(=O)(=O)c1ccc(CO)cn1. The van der Waals surface area contributed by atoms with Gasteiger partial charge in [0.2, 0.25) is 0 Å². The van der Waals surface area contributed by atoms with Crippen molar-refractivity contribution < 1.29 is 18.3 Å². The quantitative estimate of drug-likeness (QED) is 0.745. The highest BCUT2D eigenvalue weighted by Crippen LogP contribution is 2.07. The van der Waals surface area contributed by atoms with Crippen LogP contribution in [0.4, 0.5) is 0 Å². The van der Waals surface area contributed by atoms with Crippen molar-refractivity contribution in [2.75, 3.05) is 13.2 Å². The van der Waals surface area contributed by atoms with Crippen LogP contribution in [0.5, 0.6) is 0 Å². The number of ether oxygens (including phenoxy) is 1. The molecule has 102 valence electrons. The second-order valence-corrected chi connectivity index (χ2v) is 5.51. The van der Waals surface area contributed by atoms with Gasteiger partial charge in [-0.15, -0.1) is 0 Å². The van der Waals surface area contributed by atoms with E-state index in [1.807, 2.05) is 6.92 Å². The van der Waals surface area contributed by atoms with Gasteiger partial charge in [-0.05, 0) is 25.5 Å². The minimum atomic E-state index is -3.64. The third-order valence-corrected chi connectivity index (χ3v) is 3.69. The van der Waals surface area contributed by atoms with E-state index in [9.17, 15) is 8.42 Å². The van der Waals surface area contributed by atoms with Crippen molar-refractivity contribution in [3.05, 3.63) is 23.9 Å². The second kappa shape index (κ2) is 6.79. The van der Waals surface area contributed by atoms with Crippen molar-refractivity contribution in [1.29, 1.82) is 0 Å². The maximum Gasteiger partial charge on any atom is 0.258 e. The van der Waals surface area contributed by atoms with Crippen LogP contribution in [0, 0.1) is 0 Å². The molecule has 0 saturated carbocycles. The molecule has 1 aromatic rings. The number of aliphatic hydroxyl groups is 1.